The number of hydrogen-bond donors (Lipinski definition) is 3. The molecule has 0 saturated carbocycles. The van der Waals surface area contributed by atoms with E-state index in [9.17, 15) is 14.7 Å². The first-order chi connectivity index (χ1) is 8.99. The first kappa shape index (κ1) is 15.9. The highest BCUT2D eigenvalue weighted by Crippen LogP contribution is 2.21. The molecule has 19 heavy (non-hydrogen) atoms. The molecule has 1 fully saturated rings. The monoisotopic (exact) mass is 271 g/mol. The third-order valence-corrected chi connectivity index (χ3v) is 3.85. The molecule has 0 aromatic rings. The Kier molecular flexibility index (Phi) is 6.24. The molecule has 1 rings (SSSR count). The van der Waals surface area contributed by atoms with E-state index in [1.54, 1.807) is 0 Å². The van der Waals surface area contributed by atoms with E-state index in [0.717, 1.165) is 19.3 Å². The van der Waals surface area contributed by atoms with Crippen LogP contribution in [0.4, 0.5) is 0 Å². The quantitative estimate of drug-likeness (QED) is 0.584. The van der Waals surface area contributed by atoms with Crippen molar-refractivity contribution in [1.82, 2.24) is 4.90 Å². The summed E-state index contributed by atoms with van der Waals surface area (Å²) in [7, 11) is 0. The largest absolute Gasteiger partial charge is 0.391 e. The third kappa shape index (κ3) is 4.47. The van der Waals surface area contributed by atoms with Crippen molar-refractivity contribution in [2.45, 2.75) is 51.2 Å². The summed E-state index contributed by atoms with van der Waals surface area (Å²) in [6, 6.07) is -0.655. The van der Waals surface area contributed by atoms with Crippen molar-refractivity contribution in [3.8, 4) is 0 Å². The summed E-state index contributed by atoms with van der Waals surface area (Å²) >= 11 is 0. The van der Waals surface area contributed by atoms with Gasteiger partial charge in [0.05, 0.1) is 6.10 Å². The van der Waals surface area contributed by atoms with E-state index in [2.05, 4.69) is 6.92 Å². The molecule has 0 aromatic carbocycles. The molecule has 0 spiro atoms. The van der Waals surface area contributed by atoms with Crippen molar-refractivity contribution in [1.29, 1.82) is 0 Å². The van der Waals surface area contributed by atoms with Crippen LogP contribution in [0, 0.1) is 5.92 Å². The lowest BCUT2D eigenvalue weighted by Gasteiger charge is -2.23. The van der Waals surface area contributed by atoms with Gasteiger partial charge in [-0.1, -0.05) is 13.3 Å². The van der Waals surface area contributed by atoms with Crippen molar-refractivity contribution < 1.29 is 14.7 Å². The van der Waals surface area contributed by atoms with E-state index in [1.807, 2.05) is 0 Å². The number of carbonyl (C=O) groups is 2. The number of likely N-dealkylation sites (tertiary alicyclic amines) is 1. The van der Waals surface area contributed by atoms with Crippen molar-refractivity contribution >= 4 is 11.8 Å². The number of primary amides is 1. The van der Waals surface area contributed by atoms with Crippen LogP contribution < -0.4 is 11.5 Å². The topological polar surface area (TPSA) is 110 Å². The average Bonchev–Trinajstić information content (AvgIpc) is 2.76. The maximum absolute atomic E-state index is 12.1. The Morgan fingerprint density at radius 2 is 2.11 bits per heavy atom. The molecule has 1 aliphatic rings. The number of β-amino-alcohol motifs (C(OH)–C–C–N with tert-alkyl or cyclic N) is 1. The molecule has 0 aromatic heterocycles. The van der Waals surface area contributed by atoms with E-state index in [4.69, 9.17) is 11.5 Å². The fraction of sp³-hybridized carbons (Fsp3) is 0.846. The Hall–Kier alpha value is -1.14. The molecule has 6 heteroatoms. The number of nitrogens with zero attached hydrogens (tertiary/aromatic N) is 1. The highest BCUT2D eigenvalue weighted by molar-refractivity contribution is 5.87. The average molecular weight is 271 g/mol. The van der Waals surface area contributed by atoms with Gasteiger partial charge in [0.15, 0.2) is 0 Å². The minimum Gasteiger partial charge on any atom is -0.391 e. The second-order valence-electron chi connectivity index (χ2n) is 5.24. The first-order valence-corrected chi connectivity index (χ1v) is 6.96. The van der Waals surface area contributed by atoms with Crippen molar-refractivity contribution in [3.63, 3.8) is 0 Å². The Morgan fingerprint density at radius 3 is 2.63 bits per heavy atom. The molecule has 3 atom stereocenters. The molecule has 3 unspecified atom stereocenters. The second-order valence-corrected chi connectivity index (χ2v) is 5.24. The fourth-order valence-corrected chi connectivity index (χ4v) is 2.62. The van der Waals surface area contributed by atoms with Crippen LogP contribution in [-0.4, -0.2) is 47.1 Å². The summed E-state index contributed by atoms with van der Waals surface area (Å²) in [5, 5.41) is 9.56. The minimum atomic E-state index is -0.655. The van der Waals surface area contributed by atoms with Gasteiger partial charge in [-0.25, -0.2) is 0 Å². The van der Waals surface area contributed by atoms with Gasteiger partial charge in [-0.15, -0.1) is 0 Å². The van der Waals surface area contributed by atoms with Crippen molar-refractivity contribution in [2.24, 2.45) is 17.4 Å². The number of aliphatic hydroxyl groups is 1. The zero-order valence-corrected chi connectivity index (χ0v) is 11.5. The smallest absolute Gasteiger partial charge is 0.240 e. The summed E-state index contributed by atoms with van der Waals surface area (Å²) < 4.78 is 0. The van der Waals surface area contributed by atoms with E-state index in [-0.39, 0.29) is 18.9 Å². The molecule has 110 valence electrons. The summed E-state index contributed by atoms with van der Waals surface area (Å²) in [6.07, 6.45) is 2.66. The Balaban J connectivity index is 2.50. The maximum Gasteiger partial charge on any atom is 0.240 e. The van der Waals surface area contributed by atoms with Gasteiger partial charge in [0.25, 0.3) is 0 Å². The first-order valence-electron chi connectivity index (χ1n) is 6.96. The SMILES string of the molecule is CCC(CCN)CCC(=O)N1CC(O)CC1C(N)=O. The Morgan fingerprint density at radius 1 is 1.42 bits per heavy atom. The van der Waals surface area contributed by atoms with Crippen LogP contribution in [-0.2, 0) is 9.59 Å². The number of aliphatic hydroxyl groups excluding tert-OH is 1. The summed E-state index contributed by atoms with van der Waals surface area (Å²) in [5.74, 6) is -0.205. The van der Waals surface area contributed by atoms with Crippen LogP contribution in [0.25, 0.3) is 0 Å². The maximum atomic E-state index is 12.1. The lowest BCUT2D eigenvalue weighted by atomic mass is 9.96. The molecule has 1 heterocycles. The molecule has 1 saturated heterocycles. The van der Waals surface area contributed by atoms with Gasteiger partial charge in [0, 0.05) is 19.4 Å². The molecule has 0 aliphatic carbocycles. The highest BCUT2D eigenvalue weighted by Gasteiger charge is 2.37. The molecule has 2 amide bonds. The van der Waals surface area contributed by atoms with E-state index in [1.165, 1.54) is 4.90 Å². The molecule has 0 bridgehead atoms. The zero-order valence-electron chi connectivity index (χ0n) is 11.5. The van der Waals surface area contributed by atoms with Gasteiger partial charge < -0.3 is 21.5 Å². The van der Waals surface area contributed by atoms with Gasteiger partial charge in [0.2, 0.25) is 11.8 Å². The number of hydrogen-bond acceptors (Lipinski definition) is 4. The van der Waals surface area contributed by atoms with Gasteiger partial charge in [-0.05, 0) is 25.3 Å². The molecule has 0 radical (unpaired) electrons. The lowest BCUT2D eigenvalue weighted by molar-refractivity contribution is -0.137. The van der Waals surface area contributed by atoms with Crippen LogP contribution >= 0.6 is 0 Å². The number of amides is 2. The molecular formula is C13H25N3O3. The van der Waals surface area contributed by atoms with Crippen LogP contribution in [0.1, 0.15) is 39.0 Å². The molecule has 1 aliphatic heterocycles. The van der Waals surface area contributed by atoms with E-state index < -0.39 is 18.1 Å². The number of rotatable bonds is 7. The van der Waals surface area contributed by atoms with Crippen molar-refractivity contribution in [2.75, 3.05) is 13.1 Å². The van der Waals surface area contributed by atoms with Crippen LogP contribution in [0.2, 0.25) is 0 Å². The van der Waals surface area contributed by atoms with Gasteiger partial charge in [-0.3, -0.25) is 9.59 Å². The summed E-state index contributed by atoms with van der Waals surface area (Å²) in [5.41, 5.74) is 10.8. The fourth-order valence-electron chi connectivity index (χ4n) is 2.62. The summed E-state index contributed by atoms with van der Waals surface area (Å²) in [6.45, 7) is 2.91. The van der Waals surface area contributed by atoms with Crippen LogP contribution in [0.15, 0.2) is 0 Å². The number of nitrogens with two attached hydrogens (primary N) is 2. The van der Waals surface area contributed by atoms with Crippen molar-refractivity contribution in [3.05, 3.63) is 0 Å². The Labute approximate surface area is 114 Å². The predicted molar refractivity (Wildman–Crippen MR) is 72.0 cm³/mol. The van der Waals surface area contributed by atoms with E-state index in [0.29, 0.717) is 18.9 Å². The van der Waals surface area contributed by atoms with E-state index >= 15 is 0 Å². The second kappa shape index (κ2) is 7.45. The zero-order chi connectivity index (χ0) is 14.4. The molecular weight excluding hydrogens is 246 g/mol. The third-order valence-electron chi connectivity index (χ3n) is 3.85. The van der Waals surface area contributed by atoms with Gasteiger partial charge in [0.1, 0.15) is 6.04 Å². The summed E-state index contributed by atoms with van der Waals surface area (Å²) in [4.78, 5) is 24.8. The molecule has 5 N–H and O–H groups in total. The normalized spacial score (nSPS) is 24.5. The predicted octanol–water partition coefficient (Wildman–Crippen LogP) is -0.411. The minimum absolute atomic E-state index is 0.101. The van der Waals surface area contributed by atoms with Crippen LogP contribution in [0.3, 0.4) is 0 Å². The highest BCUT2D eigenvalue weighted by atomic mass is 16.3. The number of carbonyl (C=O) groups excluding carboxylic acids is 2. The standard InChI is InChI=1S/C13H25N3O3/c1-2-9(5-6-14)3-4-12(18)16-8-10(17)7-11(16)13(15)19/h9-11,17H,2-8,14H2,1H3,(H2,15,19). The Bertz CT molecular complexity index is 322. The van der Waals surface area contributed by atoms with Gasteiger partial charge >= 0.3 is 0 Å². The lowest BCUT2D eigenvalue weighted by Crippen LogP contribution is -2.43. The van der Waals surface area contributed by atoms with Crippen LogP contribution in [0.5, 0.6) is 0 Å². The van der Waals surface area contributed by atoms with Gasteiger partial charge in [-0.2, -0.15) is 0 Å². The molecule has 6 nitrogen and oxygen atoms in total.